The predicted molar refractivity (Wildman–Crippen MR) is 85.6 cm³/mol. The Hall–Kier alpha value is -1.91. The Labute approximate surface area is 136 Å². The van der Waals surface area contributed by atoms with Crippen molar-refractivity contribution < 1.29 is 14.7 Å². The highest BCUT2D eigenvalue weighted by atomic mass is 16.4. The summed E-state index contributed by atoms with van der Waals surface area (Å²) in [6.07, 6.45) is 6.64. The number of carbonyl (C=O) groups excluding carboxylic acids is 1. The van der Waals surface area contributed by atoms with Gasteiger partial charge in [-0.25, -0.2) is 0 Å². The van der Waals surface area contributed by atoms with Crippen molar-refractivity contribution in [2.45, 2.75) is 33.1 Å². The van der Waals surface area contributed by atoms with E-state index >= 15 is 0 Å². The van der Waals surface area contributed by atoms with Gasteiger partial charge in [0.1, 0.15) is 0 Å². The number of rotatable bonds is 4. The van der Waals surface area contributed by atoms with Crippen LogP contribution in [-0.4, -0.2) is 40.0 Å². The fourth-order valence-electron chi connectivity index (χ4n) is 3.97. The zero-order valence-electron chi connectivity index (χ0n) is 13.7. The van der Waals surface area contributed by atoms with Crippen molar-refractivity contribution in [3.8, 4) is 0 Å². The molecule has 2 heterocycles. The van der Waals surface area contributed by atoms with E-state index in [1.165, 1.54) is 5.56 Å². The highest BCUT2D eigenvalue weighted by Gasteiger charge is 2.66. The molecule has 0 spiro atoms. The lowest BCUT2D eigenvalue weighted by molar-refractivity contribution is -0.142. The molecule has 0 aromatic carbocycles. The van der Waals surface area contributed by atoms with Crippen molar-refractivity contribution in [1.29, 1.82) is 0 Å². The molecule has 1 N–H and O–H groups in total. The first-order valence-electron chi connectivity index (χ1n) is 8.31. The highest BCUT2D eigenvalue weighted by Crippen LogP contribution is 2.59. The number of nitrogens with zero attached hydrogens (tertiary/aromatic N) is 2. The second-order valence-electron chi connectivity index (χ2n) is 7.45. The number of amides is 1. The van der Waals surface area contributed by atoms with Crippen LogP contribution in [0.4, 0.5) is 0 Å². The molecule has 1 aliphatic carbocycles. The van der Waals surface area contributed by atoms with Gasteiger partial charge in [-0.05, 0) is 42.2 Å². The van der Waals surface area contributed by atoms with Gasteiger partial charge in [-0.3, -0.25) is 14.6 Å². The van der Waals surface area contributed by atoms with Crippen LogP contribution in [0.1, 0.15) is 32.3 Å². The van der Waals surface area contributed by atoms with Crippen LogP contribution in [0.15, 0.2) is 24.5 Å². The molecule has 23 heavy (non-hydrogen) atoms. The summed E-state index contributed by atoms with van der Waals surface area (Å²) in [5.41, 5.74) is 0.835. The molecule has 0 bridgehead atoms. The first kappa shape index (κ1) is 16.0. The van der Waals surface area contributed by atoms with Crippen molar-refractivity contribution in [3.05, 3.63) is 30.1 Å². The Morgan fingerprint density at radius 3 is 2.52 bits per heavy atom. The molecule has 1 amide bonds. The third-order valence-electron chi connectivity index (χ3n) is 5.53. The van der Waals surface area contributed by atoms with Gasteiger partial charge in [-0.15, -0.1) is 0 Å². The van der Waals surface area contributed by atoms with Gasteiger partial charge in [0.2, 0.25) is 5.91 Å². The van der Waals surface area contributed by atoms with Gasteiger partial charge < -0.3 is 10.0 Å². The van der Waals surface area contributed by atoms with Crippen LogP contribution in [-0.2, 0) is 16.0 Å². The van der Waals surface area contributed by atoms with Crippen LogP contribution in [0, 0.1) is 23.2 Å². The van der Waals surface area contributed by atoms with E-state index in [0.717, 1.165) is 32.4 Å². The van der Waals surface area contributed by atoms with Gasteiger partial charge in [0, 0.05) is 25.5 Å². The van der Waals surface area contributed by atoms with Gasteiger partial charge in [0.25, 0.3) is 0 Å². The van der Waals surface area contributed by atoms with Gasteiger partial charge in [0.15, 0.2) is 0 Å². The number of carboxylic acid groups (broad SMARTS) is 1. The summed E-state index contributed by atoms with van der Waals surface area (Å²) in [5.74, 6) is -1.12. The Kier molecular flexibility index (Phi) is 4.13. The van der Waals surface area contributed by atoms with E-state index in [1.54, 1.807) is 6.20 Å². The number of piperidine rings is 1. The normalized spacial score (nSPS) is 26.8. The number of pyridine rings is 1. The van der Waals surface area contributed by atoms with E-state index in [2.05, 4.69) is 11.1 Å². The summed E-state index contributed by atoms with van der Waals surface area (Å²) in [6.45, 7) is 5.23. The maximum absolute atomic E-state index is 12.6. The molecule has 3 rings (SSSR count). The van der Waals surface area contributed by atoms with Gasteiger partial charge in [-0.2, -0.15) is 0 Å². The van der Waals surface area contributed by atoms with E-state index in [9.17, 15) is 14.7 Å². The number of carboxylic acids is 1. The monoisotopic (exact) mass is 316 g/mol. The van der Waals surface area contributed by atoms with Crippen LogP contribution < -0.4 is 0 Å². The number of carbonyl (C=O) groups is 2. The smallest absolute Gasteiger partial charge is 0.307 e. The minimum atomic E-state index is -0.847. The molecule has 5 nitrogen and oxygen atoms in total. The molecule has 2 fully saturated rings. The van der Waals surface area contributed by atoms with Crippen LogP contribution in [0.5, 0.6) is 0 Å². The second kappa shape index (κ2) is 5.95. The Morgan fingerprint density at radius 1 is 1.30 bits per heavy atom. The summed E-state index contributed by atoms with van der Waals surface area (Å²) in [6, 6.07) is 4.05. The van der Waals surface area contributed by atoms with Crippen molar-refractivity contribution in [3.63, 3.8) is 0 Å². The van der Waals surface area contributed by atoms with E-state index < -0.39 is 17.3 Å². The third-order valence-corrected chi connectivity index (χ3v) is 5.53. The molecule has 1 aromatic heterocycles. The first-order chi connectivity index (χ1) is 10.9. The lowest BCUT2D eigenvalue weighted by Crippen LogP contribution is -2.40. The molecule has 0 unspecified atom stereocenters. The minimum Gasteiger partial charge on any atom is -0.481 e. The maximum atomic E-state index is 12.6. The molecule has 5 heteroatoms. The molecular weight excluding hydrogens is 292 g/mol. The maximum Gasteiger partial charge on any atom is 0.307 e. The van der Waals surface area contributed by atoms with Crippen LogP contribution in [0.25, 0.3) is 0 Å². The van der Waals surface area contributed by atoms with Crippen molar-refractivity contribution >= 4 is 11.9 Å². The van der Waals surface area contributed by atoms with E-state index in [1.807, 2.05) is 31.0 Å². The zero-order chi connectivity index (χ0) is 16.6. The summed E-state index contributed by atoms with van der Waals surface area (Å²) >= 11 is 0. The quantitative estimate of drug-likeness (QED) is 0.924. The lowest BCUT2D eigenvalue weighted by atomic mass is 9.90. The number of aromatic nitrogens is 1. The van der Waals surface area contributed by atoms with E-state index in [-0.39, 0.29) is 11.8 Å². The minimum absolute atomic E-state index is 0.0298. The molecule has 2 aliphatic rings. The molecule has 0 radical (unpaired) electrons. The molecule has 1 saturated heterocycles. The lowest BCUT2D eigenvalue weighted by Gasteiger charge is -2.32. The predicted octanol–water partition coefficient (Wildman–Crippen LogP) is 2.22. The highest BCUT2D eigenvalue weighted by molar-refractivity contribution is 5.91. The average Bonchev–Trinajstić information content (AvgIpc) is 3.11. The van der Waals surface area contributed by atoms with Crippen LogP contribution in [0.3, 0.4) is 0 Å². The summed E-state index contributed by atoms with van der Waals surface area (Å²) in [4.78, 5) is 29.9. The Balaban J connectivity index is 1.53. The summed E-state index contributed by atoms with van der Waals surface area (Å²) in [7, 11) is 0. The standard InChI is InChI=1S/C18H24N2O3/c1-18(2)14(15(18)17(22)23)16(21)20-8-5-12(6-9-20)10-13-4-3-7-19-11-13/h3-4,7,11-12,14-15H,5-6,8-10H2,1-2H3,(H,22,23)/t14-,15+/m1/s1. The molecular formula is C18H24N2O3. The largest absolute Gasteiger partial charge is 0.481 e. The molecule has 2 atom stereocenters. The number of likely N-dealkylation sites (tertiary alicyclic amines) is 1. The number of hydrogen-bond acceptors (Lipinski definition) is 3. The fourth-order valence-corrected chi connectivity index (χ4v) is 3.97. The SMILES string of the molecule is CC1(C)[C@H](C(=O)O)[C@@H]1C(=O)N1CCC(Cc2cccnc2)CC1. The molecule has 1 saturated carbocycles. The molecule has 1 aromatic rings. The zero-order valence-corrected chi connectivity index (χ0v) is 13.7. The third kappa shape index (κ3) is 3.09. The molecule has 1 aliphatic heterocycles. The van der Waals surface area contributed by atoms with Gasteiger partial charge >= 0.3 is 5.97 Å². The van der Waals surface area contributed by atoms with E-state index in [0.29, 0.717) is 5.92 Å². The van der Waals surface area contributed by atoms with Gasteiger partial charge in [0.05, 0.1) is 11.8 Å². The number of hydrogen-bond donors (Lipinski definition) is 1. The summed E-state index contributed by atoms with van der Waals surface area (Å²) in [5, 5.41) is 9.24. The average molecular weight is 316 g/mol. The van der Waals surface area contributed by atoms with E-state index in [4.69, 9.17) is 0 Å². The molecule has 124 valence electrons. The Bertz CT molecular complexity index is 592. The summed E-state index contributed by atoms with van der Waals surface area (Å²) < 4.78 is 0. The second-order valence-corrected chi connectivity index (χ2v) is 7.45. The van der Waals surface area contributed by atoms with Crippen molar-refractivity contribution in [2.75, 3.05) is 13.1 Å². The van der Waals surface area contributed by atoms with Crippen LogP contribution >= 0.6 is 0 Å². The van der Waals surface area contributed by atoms with Crippen molar-refractivity contribution in [1.82, 2.24) is 9.88 Å². The number of aliphatic carboxylic acids is 1. The topological polar surface area (TPSA) is 70.5 Å². The Morgan fingerprint density at radius 2 is 2.00 bits per heavy atom. The van der Waals surface area contributed by atoms with Gasteiger partial charge in [-0.1, -0.05) is 19.9 Å². The van der Waals surface area contributed by atoms with Crippen LogP contribution in [0.2, 0.25) is 0 Å². The van der Waals surface area contributed by atoms with Crippen molar-refractivity contribution in [2.24, 2.45) is 23.2 Å². The fraction of sp³-hybridized carbons (Fsp3) is 0.611. The first-order valence-corrected chi connectivity index (χ1v) is 8.31.